The van der Waals surface area contributed by atoms with Crippen LogP contribution in [0.25, 0.3) is 0 Å². The summed E-state index contributed by atoms with van der Waals surface area (Å²) in [5, 5.41) is 13.3. The summed E-state index contributed by atoms with van der Waals surface area (Å²) in [6, 6.07) is 1.75. The maximum absolute atomic E-state index is 12.7. The van der Waals surface area contributed by atoms with E-state index in [1.54, 1.807) is 6.92 Å². The number of alkyl halides is 3. The maximum atomic E-state index is 12.7. The minimum absolute atomic E-state index is 0.0368. The number of carboxylic acid groups (broad SMARTS) is 1. The lowest BCUT2D eigenvalue weighted by atomic mass is 10.1. The van der Waals surface area contributed by atoms with Crippen molar-refractivity contribution in [1.82, 2.24) is 5.32 Å². The first-order chi connectivity index (χ1) is 10.5. The van der Waals surface area contributed by atoms with Gasteiger partial charge in [-0.2, -0.15) is 13.2 Å². The van der Waals surface area contributed by atoms with Crippen LogP contribution in [-0.4, -0.2) is 29.1 Å². The van der Waals surface area contributed by atoms with E-state index in [4.69, 9.17) is 16.7 Å². The second kappa shape index (κ2) is 7.65. The monoisotopic (exact) mass is 352 g/mol. The summed E-state index contributed by atoms with van der Waals surface area (Å²) in [4.78, 5) is 22.5. The number of halogens is 4. The highest BCUT2D eigenvalue weighted by molar-refractivity contribution is 6.31. The topological polar surface area (TPSA) is 78.4 Å². The molecule has 0 saturated heterocycles. The number of rotatable bonds is 6. The molecular weight excluding hydrogens is 337 g/mol. The Morgan fingerprint density at radius 2 is 1.91 bits per heavy atom. The number of carbonyl (C=O) groups is 2. The van der Waals surface area contributed by atoms with E-state index < -0.39 is 40.7 Å². The molecule has 1 rings (SSSR count). The van der Waals surface area contributed by atoms with Gasteiger partial charge in [0.15, 0.2) is 0 Å². The van der Waals surface area contributed by atoms with Crippen LogP contribution < -0.4 is 10.6 Å². The third kappa shape index (κ3) is 6.07. The number of anilines is 1. The Morgan fingerprint density at radius 1 is 1.30 bits per heavy atom. The van der Waals surface area contributed by atoms with Gasteiger partial charge in [0.25, 0.3) is 0 Å². The maximum Gasteiger partial charge on any atom is 0.417 e. The smallest absolute Gasteiger partial charge is 0.417 e. The first-order valence-electron chi connectivity index (χ1n) is 6.66. The Balaban J connectivity index is 2.69. The van der Waals surface area contributed by atoms with Crippen molar-refractivity contribution in [3.05, 3.63) is 28.8 Å². The number of nitrogens with one attached hydrogen (secondary N) is 2. The molecule has 3 N–H and O–H groups in total. The third-order valence-electron chi connectivity index (χ3n) is 2.95. The average Bonchev–Trinajstić information content (AvgIpc) is 2.39. The fourth-order valence-corrected chi connectivity index (χ4v) is 2.09. The zero-order valence-corrected chi connectivity index (χ0v) is 13.1. The first kappa shape index (κ1) is 19.2. The van der Waals surface area contributed by atoms with E-state index in [0.717, 1.165) is 12.1 Å². The van der Waals surface area contributed by atoms with Gasteiger partial charge < -0.3 is 15.7 Å². The number of aliphatic carboxylic acids is 1. The van der Waals surface area contributed by atoms with Gasteiger partial charge in [-0.15, -0.1) is 0 Å². The lowest BCUT2D eigenvalue weighted by Crippen LogP contribution is -2.41. The number of benzene rings is 1. The number of amides is 1. The van der Waals surface area contributed by atoms with Gasteiger partial charge in [0.2, 0.25) is 5.91 Å². The second-order valence-corrected chi connectivity index (χ2v) is 5.48. The molecule has 1 unspecified atom stereocenters. The van der Waals surface area contributed by atoms with Crippen LogP contribution in [0, 0.1) is 0 Å². The molecule has 1 amide bonds. The molecule has 1 aromatic rings. The highest BCUT2D eigenvalue weighted by Gasteiger charge is 2.33. The van der Waals surface area contributed by atoms with Crippen LogP contribution in [0.2, 0.25) is 5.02 Å². The largest absolute Gasteiger partial charge is 0.480 e. The van der Waals surface area contributed by atoms with Crippen molar-refractivity contribution < 1.29 is 27.9 Å². The van der Waals surface area contributed by atoms with Crippen LogP contribution in [0.4, 0.5) is 18.9 Å². The van der Waals surface area contributed by atoms with Crippen molar-refractivity contribution >= 4 is 29.2 Å². The van der Waals surface area contributed by atoms with Gasteiger partial charge in [-0.25, -0.2) is 0 Å². The Labute approximate surface area is 135 Å². The molecular formula is C14H16ClF3N2O3. The average molecular weight is 353 g/mol. The summed E-state index contributed by atoms with van der Waals surface area (Å²) in [5.41, 5.74) is -1.08. The summed E-state index contributed by atoms with van der Waals surface area (Å²) in [5.74, 6) is -1.61. The minimum atomic E-state index is -4.62. The molecule has 0 fully saturated rings. The molecule has 2 atom stereocenters. The van der Waals surface area contributed by atoms with Gasteiger partial charge in [0.1, 0.15) is 6.04 Å². The normalized spacial score (nSPS) is 14.2. The van der Waals surface area contributed by atoms with Crippen molar-refractivity contribution in [2.45, 2.75) is 38.5 Å². The van der Waals surface area contributed by atoms with Gasteiger partial charge >= 0.3 is 12.1 Å². The molecule has 0 bridgehead atoms. The summed E-state index contributed by atoms with van der Waals surface area (Å²) >= 11 is 5.49. The molecule has 0 aliphatic rings. The van der Waals surface area contributed by atoms with E-state index in [0.29, 0.717) is 0 Å². The molecule has 9 heteroatoms. The third-order valence-corrected chi connectivity index (χ3v) is 3.28. The molecule has 0 saturated carbocycles. The fourth-order valence-electron chi connectivity index (χ4n) is 1.87. The van der Waals surface area contributed by atoms with E-state index in [-0.39, 0.29) is 12.1 Å². The zero-order chi connectivity index (χ0) is 17.8. The molecule has 1 aromatic carbocycles. The Kier molecular flexibility index (Phi) is 6.40. The minimum Gasteiger partial charge on any atom is -0.480 e. The SMILES string of the molecule is CC(CC(=O)Nc1ccc(Cl)c(C(F)(F)F)c1)N[C@H](C)C(=O)O. The predicted molar refractivity (Wildman–Crippen MR) is 79.4 cm³/mol. The lowest BCUT2D eigenvalue weighted by molar-refractivity contribution is -0.139. The van der Waals surface area contributed by atoms with Crippen LogP contribution in [-0.2, 0) is 15.8 Å². The standard InChI is InChI=1S/C14H16ClF3N2O3/c1-7(19-8(2)13(22)23)5-12(21)20-9-3-4-11(15)10(6-9)14(16,17)18/h3-4,6-8,19H,5H2,1-2H3,(H,20,21)(H,22,23)/t7?,8-/m1/s1. The number of hydrogen-bond donors (Lipinski definition) is 3. The van der Waals surface area contributed by atoms with E-state index in [1.165, 1.54) is 13.0 Å². The Hall–Kier alpha value is -1.80. The highest BCUT2D eigenvalue weighted by atomic mass is 35.5. The van der Waals surface area contributed by atoms with Crippen LogP contribution in [0.15, 0.2) is 18.2 Å². The molecule has 0 aliphatic carbocycles. The van der Waals surface area contributed by atoms with E-state index in [1.807, 2.05) is 0 Å². The van der Waals surface area contributed by atoms with Crippen LogP contribution in [0.3, 0.4) is 0 Å². The number of hydrogen-bond acceptors (Lipinski definition) is 3. The Bertz CT molecular complexity index is 593. The molecule has 0 spiro atoms. The lowest BCUT2D eigenvalue weighted by Gasteiger charge is -2.17. The molecule has 0 aromatic heterocycles. The summed E-state index contributed by atoms with van der Waals surface area (Å²) in [6.07, 6.45) is -4.72. The molecule has 5 nitrogen and oxygen atoms in total. The second-order valence-electron chi connectivity index (χ2n) is 5.07. The van der Waals surface area contributed by atoms with Crippen LogP contribution >= 0.6 is 11.6 Å². The summed E-state index contributed by atoms with van der Waals surface area (Å²) in [6.45, 7) is 3.02. The Morgan fingerprint density at radius 3 is 2.43 bits per heavy atom. The van der Waals surface area contributed by atoms with E-state index >= 15 is 0 Å². The zero-order valence-electron chi connectivity index (χ0n) is 12.4. The molecule has 0 radical (unpaired) electrons. The van der Waals surface area contributed by atoms with Crippen LogP contribution in [0.1, 0.15) is 25.8 Å². The van der Waals surface area contributed by atoms with Gasteiger partial charge in [-0.1, -0.05) is 11.6 Å². The van der Waals surface area contributed by atoms with E-state index in [9.17, 15) is 22.8 Å². The molecule has 23 heavy (non-hydrogen) atoms. The fraction of sp³-hybridized carbons (Fsp3) is 0.429. The van der Waals surface area contributed by atoms with Gasteiger partial charge in [0, 0.05) is 18.2 Å². The summed E-state index contributed by atoms with van der Waals surface area (Å²) < 4.78 is 38.2. The van der Waals surface area contributed by atoms with Crippen molar-refractivity contribution in [1.29, 1.82) is 0 Å². The van der Waals surface area contributed by atoms with Crippen molar-refractivity contribution in [2.75, 3.05) is 5.32 Å². The van der Waals surface area contributed by atoms with Crippen LogP contribution in [0.5, 0.6) is 0 Å². The quantitative estimate of drug-likeness (QED) is 0.735. The first-order valence-corrected chi connectivity index (χ1v) is 7.04. The molecule has 0 heterocycles. The van der Waals surface area contributed by atoms with Crippen molar-refractivity contribution in [3.8, 4) is 0 Å². The number of carboxylic acids is 1. The van der Waals surface area contributed by atoms with Crippen molar-refractivity contribution in [2.24, 2.45) is 0 Å². The molecule has 0 aliphatic heterocycles. The van der Waals surface area contributed by atoms with E-state index in [2.05, 4.69) is 10.6 Å². The number of carbonyl (C=O) groups excluding carboxylic acids is 1. The van der Waals surface area contributed by atoms with Gasteiger partial charge in [-0.05, 0) is 32.0 Å². The predicted octanol–water partition coefficient (Wildman–Crippen LogP) is 3.14. The molecule has 128 valence electrons. The van der Waals surface area contributed by atoms with Gasteiger partial charge in [-0.3, -0.25) is 9.59 Å². The van der Waals surface area contributed by atoms with Gasteiger partial charge in [0.05, 0.1) is 10.6 Å². The highest BCUT2D eigenvalue weighted by Crippen LogP contribution is 2.36. The van der Waals surface area contributed by atoms with Crippen molar-refractivity contribution in [3.63, 3.8) is 0 Å². The summed E-state index contributed by atoms with van der Waals surface area (Å²) in [7, 11) is 0.